The summed E-state index contributed by atoms with van der Waals surface area (Å²) in [7, 11) is 3.18. The minimum Gasteiger partial charge on any atom is -0.464 e. The van der Waals surface area contributed by atoms with E-state index < -0.39 is 5.97 Å². The van der Waals surface area contributed by atoms with Crippen LogP contribution < -0.4 is 5.32 Å². The van der Waals surface area contributed by atoms with Gasteiger partial charge in [-0.1, -0.05) is 18.2 Å². The normalized spacial score (nSPS) is 9.44. The highest BCUT2D eigenvalue weighted by Gasteiger charge is 2.12. The first-order valence-electron chi connectivity index (χ1n) is 5.17. The van der Waals surface area contributed by atoms with Gasteiger partial charge in [0.05, 0.1) is 12.8 Å². The topological polar surface area (TPSA) is 67.0 Å². The minimum atomic E-state index is -0.425. The zero-order valence-corrected chi connectivity index (χ0v) is 10.9. The summed E-state index contributed by atoms with van der Waals surface area (Å²) < 4.78 is 4.62. The van der Waals surface area contributed by atoms with Crippen LogP contribution in [0.4, 0.5) is 5.69 Å². The summed E-state index contributed by atoms with van der Waals surface area (Å²) in [6.07, 6.45) is 0. The number of nitrogens with one attached hydrogen (secondary N) is 2. The first-order valence-corrected chi connectivity index (χ1v) is 5.17. The van der Waals surface area contributed by atoms with Crippen LogP contribution in [-0.2, 0) is 4.74 Å². The van der Waals surface area contributed by atoms with Crippen molar-refractivity contribution in [1.82, 2.24) is 10.2 Å². The Hall–Kier alpha value is -2.01. The molecule has 6 heteroatoms. The SMILES string of the molecule is CNc1ccccc1-c1cc(C(=O)OC)[nH]n1.Cl. The van der Waals surface area contributed by atoms with Crippen LogP contribution in [0.3, 0.4) is 0 Å². The summed E-state index contributed by atoms with van der Waals surface area (Å²) >= 11 is 0. The molecule has 0 radical (unpaired) electrons. The zero-order valence-electron chi connectivity index (χ0n) is 10.1. The Morgan fingerprint density at radius 1 is 1.39 bits per heavy atom. The average molecular weight is 268 g/mol. The minimum absolute atomic E-state index is 0. The van der Waals surface area contributed by atoms with Gasteiger partial charge in [-0.3, -0.25) is 5.10 Å². The summed E-state index contributed by atoms with van der Waals surface area (Å²) in [6, 6.07) is 9.40. The lowest BCUT2D eigenvalue weighted by molar-refractivity contribution is 0.0594. The Kier molecular flexibility index (Phi) is 4.74. The number of benzene rings is 1. The third-order valence-corrected chi connectivity index (χ3v) is 2.46. The number of esters is 1. The second-order valence-corrected chi connectivity index (χ2v) is 3.45. The molecule has 2 aromatic rings. The van der Waals surface area contributed by atoms with Crippen LogP contribution in [0.2, 0.25) is 0 Å². The van der Waals surface area contributed by atoms with Crippen molar-refractivity contribution in [2.75, 3.05) is 19.5 Å². The fourth-order valence-corrected chi connectivity index (χ4v) is 1.60. The predicted molar refractivity (Wildman–Crippen MR) is 72.2 cm³/mol. The van der Waals surface area contributed by atoms with E-state index in [1.807, 2.05) is 31.3 Å². The van der Waals surface area contributed by atoms with E-state index in [1.165, 1.54) is 7.11 Å². The molecule has 1 aromatic heterocycles. The van der Waals surface area contributed by atoms with Gasteiger partial charge in [0.2, 0.25) is 0 Å². The third-order valence-electron chi connectivity index (χ3n) is 2.46. The van der Waals surface area contributed by atoms with Crippen LogP contribution in [0.15, 0.2) is 30.3 Å². The summed E-state index contributed by atoms with van der Waals surface area (Å²) in [5, 5.41) is 9.83. The van der Waals surface area contributed by atoms with Crippen LogP contribution in [0, 0.1) is 0 Å². The van der Waals surface area contributed by atoms with Crippen molar-refractivity contribution >= 4 is 24.1 Å². The fraction of sp³-hybridized carbons (Fsp3) is 0.167. The molecular weight excluding hydrogens is 254 g/mol. The molecule has 0 amide bonds. The van der Waals surface area contributed by atoms with Crippen LogP contribution >= 0.6 is 12.4 Å². The van der Waals surface area contributed by atoms with E-state index >= 15 is 0 Å². The fourth-order valence-electron chi connectivity index (χ4n) is 1.60. The van der Waals surface area contributed by atoms with E-state index in [9.17, 15) is 4.79 Å². The van der Waals surface area contributed by atoms with Gasteiger partial charge in [0.1, 0.15) is 5.69 Å². The first kappa shape index (κ1) is 14.1. The summed E-state index contributed by atoms with van der Waals surface area (Å²) in [4.78, 5) is 11.3. The molecule has 1 aromatic carbocycles. The molecule has 18 heavy (non-hydrogen) atoms. The number of hydrogen-bond donors (Lipinski definition) is 2. The van der Waals surface area contributed by atoms with Gasteiger partial charge in [-0.15, -0.1) is 12.4 Å². The van der Waals surface area contributed by atoms with Gasteiger partial charge in [0.15, 0.2) is 0 Å². The lowest BCUT2D eigenvalue weighted by atomic mass is 10.1. The molecule has 0 atom stereocenters. The van der Waals surface area contributed by atoms with Crippen molar-refractivity contribution in [3.63, 3.8) is 0 Å². The zero-order chi connectivity index (χ0) is 12.3. The summed E-state index contributed by atoms with van der Waals surface area (Å²) in [6.45, 7) is 0. The maximum absolute atomic E-state index is 11.3. The number of para-hydroxylation sites is 1. The highest BCUT2D eigenvalue weighted by Crippen LogP contribution is 2.26. The number of nitrogens with zero attached hydrogens (tertiary/aromatic N) is 1. The molecule has 1 heterocycles. The van der Waals surface area contributed by atoms with Crippen molar-refractivity contribution in [2.24, 2.45) is 0 Å². The van der Waals surface area contributed by atoms with Crippen molar-refractivity contribution in [2.45, 2.75) is 0 Å². The standard InChI is InChI=1S/C12H13N3O2.ClH/c1-13-9-6-4-3-5-8(9)10-7-11(15-14-10)12(16)17-2;/h3-7,13H,1-2H3,(H,14,15);1H. The van der Waals surface area contributed by atoms with E-state index in [4.69, 9.17) is 0 Å². The molecule has 96 valence electrons. The third kappa shape index (κ3) is 2.62. The van der Waals surface area contributed by atoms with Crippen LogP contribution in [-0.4, -0.2) is 30.3 Å². The molecule has 0 fully saturated rings. The Labute approximate surface area is 111 Å². The molecule has 0 aliphatic carbocycles. The molecule has 5 nitrogen and oxygen atoms in total. The van der Waals surface area contributed by atoms with Gasteiger partial charge in [-0.05, 0) is 12.1 Å². The number of methoxy groups -OCH3 is 1. The molecule has 0 spiro atoms. The van der Waals surface area contributed by atoms with E-state index in [2.05, 4.69) is 20.3 Å². The van der Waals surface area contributed by atoms with Gasteiger partial charge >= 0.3 is 5.97 Å². The number of H-pyrrole nitrogens is 1. The highest BCUT2D eigenvalue weighted by molar-refractivity contribution is 5.89. The largest absolute Gasteiger partial charge is 0.464 e. The van der Waals surface area contributed by atoms with Gasteiger partial charge in [0, 0.05) is 18.3 Å². The number of anilines is 1. The number of carbonyl (C=O) groups is 1. The number of ether oxygens (including phenoxy) is 1. The Morgan fingerprint density at radius 3 is 2.78 bits per heavy atom. The van der Waals surface area contributed by atoms with Crippen molar-refractivity contribution in [1.29, 1.82) is 0 Å². The molecule has 0 aliphatic heterocycles. The lowest BCUT2D eigenvalue weighted by Crippen LogP contribution is -2.00. The number of carbonyl (C=O) groups excluding carboxylic acids is 1. The first-order chi connectivity index (χ1) is 8.26. The Bertz CT molecular complexity index is 540. The molecule has 0 saturated carbocycles. The Balaban J connectivity index is 0.00000162. The van der Waals surface area contributed by atoms with E-state index in [0.29, 0.717) is 11.4 Å². The average Bonchev–Trinajstić information content (AvgIpc) is 2.87. The molecular formula is C12H14ClN3O2. The molecule has 0 bridgehead atoms. The number of aromatic nitrogens is 2. The van der Waals surface area contributed by atoms with Crippen LogP contribution in [0.5, 0.6) is 0 Å². The molecule has 0 unspecified atom stereocenters. The quantitative estimate of drug-likeness (QED) is 0.838. The second-order valence-electron chi connectivity index (χ2n) is 3.45. The van der Waals surface area contributed by atoms with Gasteiger partial charge in [0.25, 0.3) is 0 Å². The van der Waals surface area contributed by atoms with Crippen molar-refractivity contribution in [3.8, 4) is 11.3 Å². The Morgan fingerprint density at radius 2 is 2.11 bits per heavy atom. The van der Waals surface area contributed by atoms with Crippen LogP contribution in [0.25, 0.3) is 11.3 Å². The predicted octanol–water partition coefficient (Wildman–Crippen LogP) is 2.33. The monoisotopic (exact) mass is 267 g/mol. The van der Waals surface area contributed by atoms with E-state index in [-0.39, 0.29) is 12.4 Å². The molecule has 2 N–H and O–H groups in total. The van der Waals surface area contributed by atoms with Crippen molar-refractivity contribution < 1.29 is 9.53 Å². The number of hydrogen-bond acceptors (Lipinski definition) is 4. The highest BCUT2D eigenvalue weighted by atomic mass is 35.5. The molecule has 2 rings (SSSR count). The number of halogens is 1. The van der Waals surface area contributed by atoms with Gasteiger partial charge < -0.3 is 10.1 Å². The van der Waals surface area contributed by atoms with Gasteiger partial charge in [-0.25, -0.2) is 4.79 Å². The summed E-state index contributed by atoms with van der Waals surface area (Å²) in [5.41, 5.74) is 2.93. The smallest absolute Gasteiger partial charge is 0.356 e. The second kappa shape index (κ2) is 6.07. The van der Waals surface area contributed by atoms with Gasteiger partial charge in [-0.2, -0.15) is 5.10 Å². The van der Waals surface area contributed by atoms with Crippen molar-refractivity contribution in [3.05, 3.63) is 36.0 Å². The maximum atomic E-state index is 11.3. The summed E-state index contributed by atoms with van der Waals surface area (Å²) in [5.74, 6) is -0.425. The maximum Gasteiger partial charge on any atom is 0.356 e. The van der Waals surface area contributed by atoms with Crippen LogP contribution in [0.1, 0.15) is 10.5 Å². The lowest BCUT2D eigenvalue weighted by Gasteiger charge is -2.05. The van der Waals surface area contributed by atoms with E-state index in [1.54, 1.807) is 6.07 Å². The molecule has 0 aliphatic rings. The number of aromatic amines is 1. The number of rotatable bonds is 3. The van der Waals surface area contributed by atoms with E-state index in [0.717, 1.165) is 11.3 Å². The molecule has 0 saturated heterocycles.